The van der Waals surface area contributed by atoms with Crippen molar-refractivity contribution in [2.75, 3.05) is 26.2 Å². The summed E-state index contributed by atoms with van der Waals surface area (Å²) in [6.45, 7) is 7.91. The second kappa shape index (κ2) is 9.81. The Labute approximate surface area is 176 Å². The molecule has 2 N–H and O–H groups in total. The van der Waals surface area contributed by atoms with Crippen molar-refractivity contribution >= 4 is 29.8 Å². The van der Waals surface area contributed by atoms with E-state index < -0.39 is 0 Å². The highest BCUT2D eigenvalue weighted by molar-refractivity contribution is 6.30. The molecule has 154 valence electrons. The molecule has 1 aromatic heterocycles. The lowest BCUT2D eigenvalue weighted by Crippen LogP contribution is -2.40. The summed E-state index contributed by atoms with van der Waals surface area (Å²) in [5, 5.41) is 3.03. The number of allylic oxidation sites excluding steroid dienone is 1. The van der Waals surface area contributed by atoms with Crippen LogP contribution in [0, 0.1) is 0 Å². The number of rotatable bonds is 5. The molecule has 3 rings (SSSR count). The van der Waals surface area contributed by atoms with E-state index >= 15 is 0 Å². The fourth-order valence-electron chi connectivity index (χ4n) is 3.90. The molecular formula is C23H28ClN3O2. The lowest BCUT2D eigenvalue weighted by atomic mass is 9.90. The van der Waals surface area contributed by atoms with Crippen LogP contribution in [-0.2, 0) is 4.74 Å². The molecule has 2 aromatic rings. The van der Waals surface area contributed by atoms with Gasteiger partial charge >= 0.3 is 6.09 Å². The average Bonchev–Trinajstić information content (AvgIpc) is 3.11. The molecule has 5 nitrogen and oxygen atoms in total. The van der Waals surface area contributed by atoms with E-state index in [0.29, 0.717) is 25.6 Å². The monoisotopic (exact) mass is 413 g/mol. The molecule has 0 atom stereocenters. The normalized spacial score (nSPS) is 16.3. The van der Waals surface area contributed by atoms with Crippen molar-refractivity contribution in [3.05, 3.63) is 64.3 Å². The SMILES string of the molecule is C=C/C=c1/c(C2CCN(C(=O)OCCN)CC2)cn(-c2ccc(Cl)cc2)/c1=C/C. The number of carbonyl (C=O) groups excluding carboxylic acids is 1. The van der Waals surface area contributed by atoms with E-state index in [1.54, 1.807) is 4.90 Å². The molecule has 0 spiro atoms. The number of hydrogen-bond acceptors (Lipinski definition) is 3. The molecular weight excluding hydrogens is 386 g/mol. The maximum atomic E-state index is 12.1. The van der Waals surface area contributed by atoms with Gasteiger partial charge in [0.1, 0.15) is 6.61 Å². The van der Waals surface area contributed by atoms with Gasteiger partial charge in [-0.15, -0.1) is 0 Å². The first kappa shape index (κ1) is 21.2. The number of nitrogens with zero attached hydrogens (tertiary/aromatic N) is 2. The van der Waals surface area contributed by atoms with Crippen LogP contribution in [0.25, 0.3) is 17.8 Å². The first-order chi connectivity index (χ1) is 14.1. The zero-order valence-electron chi connectivity index (χ0n) is 16.8. The van der Waals surface area contributed by atoms with E-state index in [0.717, 1.165) is 28.9 Å². The Balaban J connectivity index is 1.90. The summed E-state index contributed by atoms with van der Waals surface area (Å²) in [5.41, 5.74) is 7.76. The molecule has 1 fully saturated rings. The standard InChI is InChI=1S/C23H28ClN3O2/c1-3-5-20-21(17-10-13-26(14-11-17)23(28)29-15-12-25)16-27(22(20)4-2)19-8-6-18(24)7-9-19/h3-9,16-17H,1,10-15,25H2,2H3/b20-5-,22-4+. The lowest BCUT2D eigenvalue weighted by Gasteiger charge is -2.31. The number of likely N-dealkylation sites (tertiary alicyclic amines) is 1. The summed E-state index contributed by atoms with van der Waals surface area (Å²) < 4.78 is 7.36. The topological polar surface area (TPSA) is 60.5 Å². The molecule has 6 heteroatoms. The van der Waals surface area contributed by atoms with Crippen molar-refractivity contribution in [1.29, 1.82) is 0 Å². The predicted octanol–water partition coefficient (Wildman–Crippen LogP) is 3.17. The lowest BCUT2D eigenvalue weighted by molar-refractivity contribution is 0.0950. The van der Waals surface area contributed by atoms with Crippen LogP contribution >= 0.6 is 11.6 Å². The number of piperidine rings is 1. The molecule has 0 saturated carbocycles. The van der Waals surface area contributed by atoms with Crippen molar-refractivity contribution in [1.82, 2.24) is 9.47 Å². The number of carbonyl (C=O) groups is 1. The van der Waals surface area contributed by atoms with Crippen molar-refractivity contribution in [2.45, 2.75) is 25.7 Å². The van der Waals surface area contributed by atoms with Crippen LogP contribution in [0.2, 0.25) is 5.02 Å². The van der Waals surface area contributed by atoms with Crippen molar-refractivity contribution in [3.8, 4) is 5.69 Å². The zero-order chi connectivity index (χ0) is 20.8. The Morgan fingerprint density at radius 2 is 2.00 bits per heavy atom. The van der Waals surface area contributed by atoms with E-state index in [9.17, 15) is 4.79 Å². The minimum atomic E-state index is -0.270. The minimum Gasteiger partial charge on any atom is -0.448 e. The van der Waals surface area contributed by atoms with Crippen LogP contribution < -0.4 is 16.3 Å². The number of ether oxygens (including phenoxy) is 1. The van der Waals surface area contributed by atoms with Crippen LogP contribution in [0.4, 0.5) is 4.79 Å². The molecule has 0 aliphatic carbocycles. The first-order valence-corrected chi connectivity index (χ1v) is 10.3. The second-order valence-corrected chi connectivity index (χ2v) is 7.52. The van der Waals surface area contributed by atoms with Gasteiger partial charge < -0.3 is 19.9 Å². The third-order valence-corrected chi connectivity index (χ3v) is 5.57. The van der Waals surface area contributed by atoms with Gasteiger partial charge in [-0.3, -0.25) is 0 Å². The van der Waals surface area contributed by atoms with E-state index in [4.69, 9.17) is 22.1 Å². The maximum absolute atomic E-state index is 12.1. The average molecular weight is 414 g/mol. The smallest absolute Gasteiger partial charge is 0.409 e. The molecule has 0 radical (unpaired) electrons. The molecule has 2 heterocycles. The predicted molar refractivity (Wildman–Crippen MR) is 119 cm³/mol. The summed E-state index contributed by atoms with van der Waals surface area (Å²) in [4.78, 5) is 13.9. The number of amides is 1. The summed E-state index contributed by atoms with van der Waals surface area (Å²) in [6, 6.07) is 7.84. The van der Waals surface area contributed by atoms with Crippen LogP contribution in [0.5, 0.6) is 0 Å². The number of aromatic nitrogens is 1. The Bertz CT molecular complexity index is 971. The number of nitrogens with two attached hydrogens (primary N) is 1. The minimum absolute atomic E-state index is 0.261. The van der Waals surface area contributed by atoms with Gasteiger partial charge in [0, 0.05) is 47.1 Å². The fraction of sp³-hybridized carbons (Fsp3) is 0.348. The van der Waals surface area contributed by atoms with Gasteiger partial charge in [0.15, 0.2) is 0 Å². The molecule has 1 aromatic carbocycles. The summed E-state index contributed by atoms with van der Waals surface area (Å²) in [6.07, 6.45) is 9.74. The molecule has 1 aliphatic rings. The third kappa shape index (κ3) is 4.74. The van der Waals surface area contributed by atoms with E-state index in [1.807, 2.05) is 37.3 Å². The second-order valence-electron chi connectivity index (χ2n) is 7.09. The number of halogens is 1. The van der Waals surface area contributed by atoms with Gasteiger partial charge in [0.05, 0.1) is 0 Å². The van der Waals surface area contributed by atoms with Gasteiger partial charge in [0.25, 0.3) is 0 Å². The summed E-state index contributed by atoms with van der Waals surface area (Å²) in [7, 11) is 0. The van der Waals surface area contributed by atoms with Gasteiger partial charge in [0.2, 0.25) is 0 Å². The fourth-order valence-corrected chi connectivity index (χ4v) is 4.03. The number of benzene rings is 1. The van der Waals surface area contributed by atoms with Crippen LogP contribution in [0.15, 0.2) is 43.1 Å². The third-order valence-electron chi connectivity index (χ3n) is 5.31. The molecule has 1 saturated heterocycles. The van der Waals surface area contributed by atoms with Gasteiger partial charge in [-0.1, -0.05) is 36.4 Å². The highest BCUT2D eigenvalue weighted by atomic mass is 35.5. The first-order valence-electron chi connectivity index (χ1n) is 9.97. The largest absolute Gasteiger partial charge is 0.448 e. The highest BCUT2D eigenvalue weighted by Crippen LogP contribution is 2.27. The van der Waals surface area contributed by atoms with Gasteiger partial charge in [-0.25, -0.2) is 4.79 Å². The van der Waals surface area contributed by atoms with Crippen LogP contribution in [-0.4, -0.2) is 41.8 Å². The molecule has 0 bridgehead atoms. The summed E-state index contributed by atoms with van der Waals surface area (Å²) in [5.74, 6) is 0.368. The van der Waals surface area contributed by atoms with E-state index in [2.05, 4.69) is 29.5 Å². The zero-order valence-corrected chi connectivity index (χ0v) is 17.6. The van der Waals surface area contributed by atoms with Crippen molar-refractivity contribution < 1.29 is 9.53 Å². The molecule has 29 heavy (non-hydrogen) atoms. The van der Waals surface area contributed by atoms with Crippen LogP contribution in [0.3, 0.4) is 0 Å². The van der Waals surface area contributed by atoms with Gasteiger partial charge in [-0.2, -0.15) is 0 Å². The Morgan fingerprint density at radius 3 is 2.59 bits per heavy atom. The Morgan fingerprint density at radius 1 is 1.31 bits per heavy atom. The van der Waals surface area contributed by atoms with E-state index in [-0.39, 0.29) is 12.7 Å². The summed E-state index contributed by atoms with van der Waals surface area (Å²) >= 11 is 6.07. The maximum Gasteiger partial charge on any atom is 0.409 e. The van der Waals surface area contributed by atoms with Crippen LogP contribution in [0.1, 0.15) is 31.2 Å². The number of hydrogen-bond donors (Lipinski definition) is 1. The Kier molecular flexibility index (Phi) is 7.18. The highest BCUT2D eigenvalue weighted by Gasteiger charge is 2.26. The van der Waals surface area contributed by atoms with Gasteiger partial charge in [-0.05, 0) is 55.5 Å². The Hall–Kier alpha value is -2.50. The molecule has 1 amide bonds. The quantitative estimate of drug-likeness (QED) is 0.818. The van der Waals surface area contributed by atoms with Crippen molar-refractivity contribution in [3.63, 3.8) is 0 Å². The molecule has 0 unspecified atom stereocenters. The van der Waals surface area contributed by atoms with Crippen molar-refractivity contribution in [2.24, 2.45) is 5.73 Å². The van der Waals surface area contributed by atoms with E-state index in [1.165, 1.54) is 10.8 Å². The molecule has 1 aliphatic heterocycles.